The Morgan fingerprint density at radius 1 is 1.28 bits per heavy atom. The molecule has 6 heteroatoms. The molecule has 0 saturated heterocycles. The Morgan fingerprint density at radius 2 is 2.00 bits per heavy atom. The Labute approximate surface area is 104 Å². The van der Waals surface area contributed by atoms with Gasteiger partial charge in [0.05, 0.1) is 19.8 Å². The quantitative estimate of drug-likeness (QED) is 0.903. The SMILES string of the molecule is COc1ccc(F)c(-c2cc(N)n(C)n2)c1OC. The molecule has 2 aromatic rings. The largest absolute Gasteiger partial charge is 0.493 e. The molecule has 1 aromatic carbocycles. The predicted molar refractivity (Wildman–Crippen MR) is 66.1 cm³/mol. The zero-order valence-corrected chi connectivity index (χ0v) is 10.4. The molecule has 0 aliphatic heterocycles. The highest BCUT2D eigenvalue weighted by Gasteiger charge is 2.19. The summed E-state index contributed by atoms with van der Waals surface area (Å²) in [4.78, 5) is 0. The van der Waals surface area contributed by atoms with Crippen LogP contribution in [-0.4, -0.2) is 24.0 Å². The van der Waals surface area contributed by atoms with Gasteiger partial charge >= 0.3 is 0 Å². The maximum Gasteiger partial charge on any atom is 0.173 e. The van der Waals surface area contributed by atoms with Crippen molar-refractivity contribution in [2.45, 2.75) is 0 Å². The van der Waals surface area contributed by atoms with Crippen molar-refractivity contribution in [2.75, 3.05) is 20.0 Å². The van der Waals surface area contributed by atoms with Crippen LogP contribution in [-0.2, 0) is 7.05 Å². The molecule has 0 aliphatic carbocycles. The number of anilines is 1. The molecule has 0 saturated carbocycles. The van der Waals surface area contributed by atoms with Gasteiger partial charge in [0.25, 0.3) is 0 Å². The Kier molecular flexibility index (Phi) is 3.10. The molecule has 0 atom stereocenters. The van der Waals surface area contributed by atoms with Crippen molar-refractivity contribution >= 4 is 5.82 Å². The summed E-state index contributed by atoms with van der Waals surface area (Å²) >= 11 is 0. The third kappa shape index (κ3) is 1.85. The standard InChI is InChI=1S/C12H14FN3O2/c1-16-10(14)6-8(15-16)11-7(13)4-5-9(17-2)12(11)18-3/h4-6H,14H2,1-3H3. The minimum Gasteiger partial charge on any atom is -0.493 e. The van der Waals surface area contributed by atoms with Crippen LogP contribution in [0.15, 0.2) is 18.2 Å². The lowest BCUT2D eigenvalue weighted by atomic mass is 10.1. The van der Waals surface area contributed by atoms with Gasteiger partial charge < -0.3 is 15.2 Å². The van der Waals surface area contributed by atoms with Crippen LogP contribution in [0.25, 0.3) is 11.3 Å². The number of aryl methyl sites for hydroxylation is 1. The average molecular weight is 251 g/mol. The predicted octanol–water partition coefficient (Wildman–Crippen LogP) is 1.83. The number of halogens is 1. The molecule has 0 unspecified atom stereocenters. The zero-order chi connectivity index (χ0) is 13.3. The van der Waals surface area contributed by atoms with Gasteiger partial charge in [-0.1, -0.05) is 0 Å². The van der Waals surface area contributed by atoms with Gasteiger partial charge in [0.2, 0.25) is 0 Å². The van der Waals surface area contributed by atoms with Gasteiger partial charge in [0.15, 0.2) is 11.5 Å². The van der Waals surface area contributed by atoms with Crippen molar-refractivity contribution in [2.24, 2.45) is 7.05 Å². The van der Waals surface area contributed by atoms with Crippen molar-refractivity contribution in [3.05, 3.63) is 24.0 Å². The molecular formula is C12H14FN3O2. The van der Waals surface area contributed by atoms with Crippen LogP contribution < -0.4 is 15.2 Å². The number of nitrogens with zero attached hydrogens (tertiary/aromatic N) is 2. The van der Waals surface area contributed by atoms with Gasteiger partial charge in [0, 0.05) is 13.1 Å². The van der Waals surface area contributed by atoms with E-state index in [4.69, 9.17) is 15.2 Å². The molecule has 18 heavy (non-hydrogen) atoms. The average Bonchev–Trinajstić information content (AvgIpc) is 2.68. The maximum atomic E-state index is 14.0. The van der Waals surface area contributed by atoms with E-state index in [0.29, 0.717) is 23.0 Å². The van der Waals surface area contributed by atoms with Crippen LogP contribution in [0.1, 0.15) is 0 Å². The molecule has 1 heterocycles. The molecule has 0 bridgehead atoms. The maximum absolute atomic E-state index is 14.0. The lowest BCUT2D eigenvalue weighted by Gasteiger charge is -2.11. The highest BCUT2D eigenvalue weighted by molar-refractivity contribution is 5.73. The Morgan fingerprint density at radius 3 is 2.50 bits per heavy atom. The second kappa shape index (κ2) is 4.56. The summed E-state index contributed by atoms with van der Waals surface area (Å²) in [5.41, 5.74) is 6.34. The fourth-order valence-corrected chi connectivity index (χ4v) is 1.75. The molecule has 96 valence electrons. The third-order valence-electron chi connectivity index (χ3n) is 2.67. The van der Waals surface area contributed by atoms with Crippen LogP contribution in [0.5, 0.6) is 11.5 Å². The monoisotopic (exact) mass is 251 g/mol. The van der Waals surface area contributed by atoms with E-state index >= 15 is 0 Å². The summed E-state index contributed by atoms with van der Waals surface area (Å²) in [5.74, 6) is 0.744. The Hall–Kier alpha value is -2.24. The molecular weight excluding hydrogens is 237 g/mol. The molecule has 5 nitrogen and oxygen atoms in total. The molecule has 2 N–H and O–H groups in total. The number of nitrogens with two attached hydrogens (primary N) is 1. The van der Waals surface area contributed by atoms with Crippen molar-refractivity contribution in [3.63, 3.8) is 0 Å². The number of aromatic nitrogens is 2. The minimum absolute atomic E-state index is 0.240. The molecule has 0 amide bonds. The summed E-state index contributed by atoms with van der Waals surface area (Å²) in [6.07, 6.45) is 0. The summed E-state index contributed by atoms with van der Waals surface area (Å²) in [6.45, 7) is 0. The van der Waals surface area contributed by atoms with E-state index in [0.717, 1.165) is 0 Å². The number of ether oxygens (including phenoxy) is 2. The summed E-state index contributed by atoms with van der Waals surface area (Å²) in [5, 5.41) is 4.14. The third-order valence-corrected chi connectivity index (χ3v) is 2.67. The van der Waals surface area contributed by atoms with Crippen LogP contribution in [0.3, 0.4) is 0 Å². The molecule has 0 aliphatic rings. The molecule has 2 rings (SSSR count). The number of nitrogen functional groups attached to an aromatic ring is 1. The molecule has 1 aromatic heterocycles. The van der Waals surface area contributed by atoms with Crippen molar-refractivity contribution in [1.29, 1.82) is 0 Å². The fraction of sp³-hybridized carbons (Fsp3) is 0.250. The van der Waals surface area contributed by atoms with E-state index in [1.165, 1.54) is 31.0 Å². The number of hydrogen-bond acceptors (Lipinski definition) is 4. The Balaban J connectivity index is 2.68. The van der Waals surface area contributed by atoms with Crippen molar-refractivity contribution < 1.29 is 13.9 Å². The van der Waals surface area contributed by atoms with Crippen LogP contribution >= 0.6 is 0 Å². The normalized spacial score (nSPS) is 10.4. The fourth-order valence-electron chi connectivity index (χ4n) is 1.75. The van der Waals surface area contributed by atoms with Gasteiger partial charge in [-0.2, -0.15) is 5.10 Å². The van der Waals surface area contributed by atoms with E-state index in [1.807, 2.05) is 0 Å². The zero-order valence-electron chi connectivity index (χ0n) is 10.4. The lowest BCUT2D eigenvalue weighted by molar-refractivity contribution is 0.354. The van der Waals surface area contributed by atoms with E-state index in [9.17, 15) is 4.39 Å². The summed E-state index contributed by atoms with van der Waals surface area (Å²) in [6, 6.07) is 4.39. The number of hydrogen-bond donors (Lipinski definition) is 1. The van der Waals surface area contributed by atoms with Crippen LogP contribution in [0, 0.1) is 5.82 Å². The first-order valence-corrected chi connectivity index (χ1v) is 5.28. The van der Waals surface area contributed by atoms with Gasteiger partial charge in [-0.3, -0.25) is 4.68 Å². The van der Waals surface area contributed by atoms with E-state index in [1.54, 1.807) is 13.1 Å². The first kappa shape index (κ1) is 12.2. The van der Waals surface area contributed by atoms with E-state index in [-0.39, 0.29) is 5.56 Å². The van der Waals surface area contributed by atoms with Gasteiger partial charge in [-0.25, -0.2) is 4.39 Å². The molecule has 0 fully saturated rings. The Bertz CT molecular complexity index is 561. The van der Waals surface area contributed by atoms with Gasteiger partial charge in [-0.05, 0) is 12.1 Å². The summed E-state index contributed by atoms with van der Waals surface area (Å²) < 4.78 is 25.8. The second-order valence-electron chi connectivity index (χ2n) is 3.74. The smallest absolute Gasteiger partial charge is 0.173 e. The highest BCUT2D eigenvalue weighted by atomic mass is 19.1. The van der Waals surface area contributed by atoms with Crippen molar-refractivity contribution in [3.8, 4) is 22.8 Å². The second-order valence-corrected chi connectivity index (χ2v) is 3.74. The van der Waals surface area contributed by atoms with Crippen LogP contribution in [0.4, 0.5) is 10.2 Å². The van der Waals surface area contributed by atoms with Gasteiger partial charge in [-0.15, -0.1) is 0 Å². The molecule has 0 spiro atoms. The first-order valence-electron chi connectivity index (χ1n) is 5.28. The van der Waals surface area contributed by atoms with E-state index in [2.05, 4.69) is 5.10 Å². The minimum atomic E-state index is -0.439. The number of benzene rings is 1. The lowest BCUT2D eigenvalue weighted by Crippen LogP contribution is -1.98. The topological polar surface area (TPSA) is 62.3 Å². The van der Waals surface area contributed by atoms with Crippen molar-refractivity contribution in [1.82, 2.24) is 9.78 Å². The van der Waals surface area contributed by atoms with Gasteiger partial charge in [0.1, 0.15) is 17.3 Å². The van der Waals surface area contributed by atoms with Crippen LogP contribution in [0.2, 0.25) is 0 Å². The number of methoxy groups -OCH3 is 2. The number of rotatable bonds is 3. The van der Waals surface area contributed by atoms with E-state index < -0.39 is 5.82 Å². The first-order chi connectivity index (χ1) is 8.58. The highest BCUT2D eigenvalue weighted by Crippen LogP contribution is 2.39. The summed E-state index contributed by atoms with van der Waals surface area (Å²) in [7, 11) is 4.63. The molecule has 0 radical (unpaired) electrons.